The van der Waals surface area contributed by atoms with Gasteiger partial charge in [-0.15, -0.1) is 0 Å². The van der Waals surface area contributed by atoms with Gasteiger partial charge in [0.15, 0.2) is 0 Å². The molecular formula is C28H35ClN2O4. The molecule has 0 aromatic heterocycles. The van der Waals surface area contributed by atoms with Gasteiger partial charge in [-0.1, -0.05) is 54.9 Å². The number of halogens is 1. The number of ether oxygens (including phenoxy) is 2. The van der Waals surface area contributed by atoms with Crippen molar-refractivity contribution in [2.45, 2.75) is 50.5 Å². The molecule has 2 aromatic rings. The molecule has 2 heterocycles. The molecule has 0 aliphatic carbocycles. The molecule has 4 rings (SSSR count). The molecule has 2 aromatic carbocycles. The van der Waals surface area contributed by atoms with Gasteiger partial charge in [-0.05, 0) is 49.4 Å². The third-order valence-electron chi connectivity index (χ3n) is 6.95. The van der Waals surface area contributed by atoms with E-state index >= 15 is 0 Å². The standard InChI is InChI=1S/C28H35ClN2O4/c1-2-25(22-10-5-3-6-11-22)27(33)31-16-17-35-28(20-31,19-26(32)30-14-7-4-8-15-30)21-34-24-13-9-12-23(29)18-24/h3,5-6,9-13,18,25H,2,4,7-8,14-17,19-21H2,1H3/t25-,28+/m1/s1. The van der Waals surface area contributed by atoms with Crippen LogP contribution in [0.5, 0.6) is 5.75 Å². The molecule has 2 saturated heterocycles. The average molecular weight is 499 g/mol. The van der Waals surface area contributed by atoms with Crippen LogP contribution in [0.1, 0.15) is 50.5 Å². The van der Waals surface area contributed by atoms with Crippen LogP contribution < -0.4 is 4.74 Å². The summed E-state index contributed by atoms with van der Waals surface area (Å²) in [6, 6.07) is 17.1. The highest BCUT2D eigenvalue weighted by atomic mass is 35.5. The Morgan fingerprint density at radius 3 is 2.51 bits per heavy atom. The molecule has 2 fully saturated rings. The van der Waals surface area contributed by atoms with Gasteiger partial charge in [-0.25, -0.2) is 0 Å². The van der Waals surface area contributed by atoms with Crippen LogP contribution in [0.15, 0.2) is 54.6 Å². The topological polar surface area (TPSA) is 59.1 Å². The Hall–Kier alpha value is -2.57. The van der Waals surface area contributed by atoms with Crippen LogP contribution in [0.25, 0.3) is 0 Å². The van der Waals surface area contributed by atoms with Crippen LogP contribution in [0.4, 0.5) is 0 Å². The summed E-state index contributed by atoms with van der Waals surface area (Å²) in [4.78, 5) is 30.7. The zero-order valence-corrected chi connectivity index (χ0v) is 21.2. The third-order valence-corrected chi connectivity index (χ3v) is 7.18. The number of hydrogen-bond donors (Lipinski definition) is 0. The third kappa shape index (κ3) is 6.56. The van der Waals surface area contributed by atoms with Crippen LogP contribution in [-0.4, -0.2) is 66.6 Å². The second-order valence-electron chi connectivity index (χ2n) is 9.53. The molecule has 0 radical (unpaired) electrons. The molecule has 35 heavy (non-hydrogen) atoms. The van der Waals surface area contributed by atoms with Crippen LogP contribution in [0.2, 0.25) is 5.02 Å². The molecule has 2 aliphatic heterocycles. The molecule has 2 atom stereocenters. The predicted octanol–water partition coefficient (Wildman–Crippen LogP) is 4.91. The van der Waals surface area contributed by atoms with Gasteiger partial charge in [0.1, 0.15) is 18.0 Å². The average Bonchev–Trinajstić information content (AvgIpc) is 2.89. The fourth-order valence-electron chi connectivity index (χ4n) is 5.04. The Kier molecular flexibility index (Phi) is 8.69. The van der Waals surface area contributed by atoms with Crippen LogP contribution in [-0.2, 0) is 14.3 Å². The van der Waals surface area contributed by atoms with E-state index in [-0.39, 0.29) is 30.8 Å². The Morgan fingerprint density at radius 1 is 1.03 bits per heavy atom. The van der Waals surface area contributed by atoms with Gasteiger partial charge in [0.2, 0.25) is 11.8 Å². The minimum Gasteiger partial charge on any atom is -0.490 e. The first-order valence-electron chi connectivity index (χ1n) is 12.6. The fourth-order valence-corrected chi connectivity index (χ4v) is 5.22. The maximum absolute atomic E-state index is 13.6. The molecule has 0 spiro atoms. The van der Waals surface area contributed by atoms with Gasteiger partial charge in [0, 0.05) is 24.7 Å². The van der Waals surface area contributed by atoms with Crippen molar-refractivity contribution >= 4 is 23.4 Å². The molecule has 2 aliphatic rings. The molecular weight excluding hydrogens is 464 g/mol. The Labute approximate surface area is 213 Å². The van der Waals surface area contributed by atoms with Crippen molar-refractivity contribution < 1.29 is 19.1 Å². The van der Waals surface area contributed by atoms with Crippen LogP contribution in [0.3, 0.4) is 0 Å². The van der Waals surface area contributed by atoms with Crippen molar-refractivity contribution in [3.05, 3.63) is 65.2 Å². The van der Waals surface area contributed by atoms with Crippen molar-refractivity contribution in [2.75, 3.05) is 39.4 Å². The summed E-state index contributed by atoms with van der Waals surface area (Å²) in [5, 5.41) is 0.580. The smallest absolute Gasteiger partial charge is 0.230 e. The molecule has 6 nitrogen and oxygen atoms in total. The number of benzene rings is 2. The van der Waals surface area contributed by atoms with Gasteiger partial charge in [0.25, 0.3) is 0 Å². The van der Waals surface area contributed by atoms with Gasteiger partial charge in [-0.3, -0.25) is 9.59 Å². The number of rotatable bonds is 8. The predicted molar refractivity (Wildman–Crippen MR) is 137 cm³/mol. The van der Waals surface area contributed by atoms with E-state index in [1.807, 2.05) is 59.2 Å². The summed E-state index contributed by atoms with van der Waals surface area (Å²) in [5.41, 5.74) is 0.0939. The molecule has 0 N–H and O–H groups in total. The normalized spacial score (nSPS) is 21.4. The molecule has 188 valence electrons. The highest BCUT2D eigenvalue weighted by molar-refractivity contribution is 6.30. The van der Waals surface area contributed by atoms with Gasteiger partial charge < -0.3 is 19.3 Å². The van der Waals surface area contributed by atoms with Crippen LogP contribution in [0, 0.1) is 0 Å². The Morgan fingerprint density at radius 2 is 1.80 bits per heavy atom. The summed E-state index contributed by atoms with van der Waals surface area (Å²) in [6.07, 6.45) is 4.10. The second-order valence-corrected chi connectivity index (χ2v) is 9.96. The largest absolute Gasteiger partial charge is 0.490 e. The lowest BCUT2D eigenvalue weighted by atomic mass is 9.92. The van der Waals surface area contributed by atoms with Gasteiger partial charge in [-0.2, -0.15) is 0 Å². The van der Waals surface area contributed by atoms with E-state index in [4.69, 9.17) is 21.1 Å². The van der Waals surface area contributed by atoms with Crippen LogP contribution >= 0.6 is 11.6 Å². The lowest BCUT2D eigenvalue weighted by molar-refractivity contribution is -0.167. The van der Waals surface area contributed by atoms with E-state index in [0.717, 1.165) is 37.9 Å². The second kappa shape index (κ2) is 11.9. The molecule has 2 amide bonds. The lowest BCUT2D eigenvalue weighted by Gasteiger charge is -2.44. The van der Waals surface area contributed by atoms with E-state index < -0.39 is 5.60 Å². The summed E-state index contributed by atoms with van der Waals surface area (Å²) < 4.78 is 12.4. The van der Waals surface area contributed by atoms with Crippen molar-refractivity contribution in [3.63, 3.8) is 0 Å². The highest BCUT2D eigenvalue weighted by Crippen LogP contribution is 2.30. The van der Waals surface area contributed by atoms with Crippen molar-refractivity contribution in [1.29, 1.82) is 0 Å². The molecule has 7 heteroatoms. The van der Waals surface area contributed by atoms with E-state index in [1.165, 1.54) is 0 Å². The quantitative estimate of drug-likeness (QED) is 0.518. The number of carbonyl (C=O) groups is 2. The Bertz CT molecular complexity index is 995. The summed E-state index contributed by atoms with van der Waals surface area (Å²) in [6.45, 7) is 4.93. The van der Waals surface area contributed by atoms with E-state index in [0.29, 0.717) is 36.9 Å². The van der Waals surface area contributed by atoms with Gasteiger partial charge in [0.05, 0.1) is 25.5 Å². The highest BCUT2D eigenvalue weighted by Gasteiger charge is 2.43. The lowest BCUT2D eigenvalue weighted by Crippen LogP contribution is -2.59. The first-order valence-corrected chi connectivity index (χ1v) is 13.0. The first kappa shape index (κ1) is 25.5. The molecule has 0 saturated carbocycles. The maximum atomic E-state index is 13.6. The number of nitrogens with zero attached hydrogens (tertiary/aromatic N) is 2. The minimum atomic E-state index is -0.917. The molecule has 0 unspecified atom stereocenters. The van der Waals surface area contributed by atoms with Crippen molar-refractivity contribution in [3.8, 4) is 5.75 Å². The summed E-state index contributed by atoms with van der Waals surface area (Å²) in [5.74, 6) is 0.520. The Balaban J connectivity index is 1.53. The van der Waals surface area contributed by atoms with Crippen molar-refractivity contribution in [2.24, 2.45) is 0 Å². The zero-order chi connectivity index (χ0) is 24.7. The minimum absolute atomic E-state index is 0.0591. The number of piperidine rings is 1. The summed E-state index contributed by atoms with van der Waals surface area (Å²) in [7, 11) is 0. The van der Waals surface area contributed by atoms with E-state index in [2.05, 4.69) is 0 Å². The number of carbonyl (C=O) groups excluding carboxylic acids is 2. The number of amides is 2. The van der Waals surface area contributed by atoms with Gasteiger partial charge >= 0.3 is 0 Å². The fraction of sp³-hybridized carbons (Fsp3) is 0.500. The zero-order valence-electron chi connectivity index (χ0n) is 20.5. The number of likely N-dealkylation sites (tertiary alicyclic amines) is 1. The SMILES string of the molecule is CC[C@@H](C(=O)N1CCO[C@@](COc2cccc(Cl)c2)(CC(=O)N2CCCCC2)C1)c1ccccc1. The maximum Gasteiger partial charge on any atom is 0.230 e. The molecule has 0 bridgehead atoms. The van der Waals surface area contributed by atoms with E-state index in [1.54, 1.807) is 12.1 Å². The number of morpholine rings is 1. The first-order chi connectivity index (χ1) is 17.0. The monoisotopic (exact) mass is 498 g/mol. The van der Waals surface area contributed by atoms with E-state index in [9.17, 15) is 9.59 Å². The number of hydrogen-bond acceptors (Lipinski definition) is 4. The van der Waals surface area contributed by atoms with Crippen molar-refractivity contribution in [1.82, 2.24) is 9.80 Å². The summed E-state index contributed by atoms with van der Waals surface area (Å²) >= 11 is 6.14.